The second-order valence-corrected chi connectivity index (χ2v) is 5.10. The Balaban J connectivity index is 2.03. The van der Waals surface area contributed by atoms with Crippen molar-refractivity contribution in [3.05, 3.63) is 17.5 Å². The molecule has 2 atom stereocenters. The number of aryl methyl sites for hydroxylation is 2. The Morgan fingerprint density at radius 1 is 1.53 bits per heavy atom. The lowest BCUT2D eigenvalue weighted by molar-refractivity contribution is -0.123. The molecular formula is C13H21N3O. The monoisotopic (exact) mass is 235 g/mol. The van der Waals surface area contributed by atoms with Crippen LogP contribution in [0.2, 0.25) is 0 Å². The molecule has 1 aliphatic rings. The van der Waals surface area contributed by atoms with Gasteiger partial charge in [0.1, 0.15) is 5.78 Å². The zero-order valence-corrected chi connectivity index (χ0v) is 10.6. The Kier molecular flexibility index (Phi) is 3.62. The third-order valence-corrected chi connectivity index (χ3v) is 3.69. The Hall–Kier alpha value is -1.16. The third kappa shape index (κ3) is 2.75. The zero-order chi connectivity index (χ0) is 12.4. The summed E-state index contributed by atoms with van der Waals surface area (Å²) in [4.78, 5) is 12.2. The van der Waals surface area contributed by atoms with Crippen molar-refractivity contribution in [3.8, 4) is 0 Å². The summed E-state index contributed by atoms with van der Waals surface area (Å²) in [6, 6.07) is 2.04. The Bertz CT molecular complexity index is 411. The molecule has 1 saturated carbocycles. The van der Waals surface area contributed by atoms with Gasteiger partial charge in [-0.15, -0.1) is 0 Å². The first kappa shape index (κ1) is 12.3. The van der Waals surface area contributed by atoms with E-state index in [1.54, 1.807) is 4.68 Å². The van der Waals surface area contributed by atoms with Gasteiger partial charge in [-0.1, -0.05) is 12.8 Å². The van der Waals surface area contributed by atoms with E-state index in [0.717, 1.165) is 37.1 Å². The maximum absolute atomic E-state index is 12.2. The summed E-state index contributed by atoms with van der Waals surface area (Å²) in [5.41, 5.74) is 7.99. The van der Waals surface area contributed by atoms with E-state index in [1.807, 2.05) is 20.0 Å². The number of nitrogens with zero attached hydrogens (tertiary/aromatic N) is 2. The quantitative estimate of drug-likeness (QED) is 0.860. The van der Waals surface area contributed by atoms with Gasteiger partial charge >= 0.3 is 0 Å². The van der Waals surface area contributed by atoms with Crippen LogP contribution in [-0.4, -0.2) is 21.6 Å². The number of hydrogen-bond acceptors (Lipinski definition) is 3. The smallest absolute Gasteiger partial charge is 0.143 e. The van der Waals surface area contributed by atoms with Crippen molar-refractivity contribution < 1.29 is 4.79 Å². The molecule has 2 rings (SSSR count). The normalized spacial score (nSPS) is 24.9. The molecule has 2 unspecified atom stereocenters. The highest BCUT2D eigenvalue weighted by atomic mass is 16.1. The highest BCUT2D eigenvalue weighted by Crippen LogP contribution is 2.24. The fourth-order valence-corrected chi connectivity index (χ4v) is 2.70. The molecule has 0 radical (unpaired) electrons. The molecule has 0 spiro atoms. The molecule has 0 aliphatic heterocycles. The summed E-state index contributed by atoms with van der Waals surface area (Å²) >= 11 is 0. The third-order valence-electron chi connectivity index (χ3n) is 3.69. The number of hydrogen-bond donors (Lipinski definition) is 1. The highest BCUT2D eigenvalue weighted by molar-refractivity contribution is 5.83. The van der Waals surface area contributed by atoms with Gasteiger partial charge in [0.2, 0.25) is 0 Å². The van der Waals surface area contributed by atoms with E-state index in [9.17, 15) is 4.79 Å². The standard InChI is InChI=1S/C13H21N3O/c1-9-7-10(16(2)15-9)8-13(17)11-5-3-4-6-12(11)14/h7,11-12H,3-6,8,14H2,1-2H3. The summed E-state index contributed by atoms with van der Waals surface area (Å²) in [6.07, 6.45) is 4.71. The molecule has 1 heterocycles. The van der Waals surface area contributed by atoms with Crippen LogP contribution >= 0.6 is 0 Å². The first-order valence-corrected chi connectivity index (χ1v) is 6.35. The van der Waals surface area contributed by atoms with Gasteiger partial charge in [0.25, 0.3) is 0 Å². The van der Waals surface area contributed by atoms with Crippen LogP contribution in [0.4, 0.5) is 0 Å². The van der Waals surface area contributed by atoms with Crippen molar-refractivity contribution >= 4 is 5.78 Å². The van der Waals surface area contributed by atoms with Gasteiger partial charge in [-0.2, -0.15) is 5.10 Å². The molecule has 1 aromatic rings. The summed E-state index contributed by atoms with van der Waals surface area (Å²) in [5, 5.41) is 4.26. The molecule has 1 aliphatic carbocycles. The van der Waals surface area contributed by atoms with Crippen LogP contribution in [0.15, 0.2) is 6.07 Å². The predicted molar refractivity (Wildman–Crippen MR) is 66.6 cm³/mol. The molecule has 17 heavy (non-hydrogen) atoms. The molecule has 4 heteroatoms. The number of Topliss-reactive ketones (excluding diaryl/α,β-unsaturated/α-hetero) is 1. The van der Waals surface area contributed by atoms with Crippen LogP contribution in [0, 0.1) is 12.8 Å². The maximum Gasteiger partial charge on any atom is 0.143 e. The van der Waals surface area contributed by atoms with Crippen LogP contribution in [0.1, 0.15) is 37.1 Å². The molecule has 94 valence electrons. The molecule has 0 amide bonds. The van der Waals surface area contributed by atoms with E-state index < -0.39 is 0 Å². The van der Waals surface area contributed by atoms with Crippen molar-refractivity contribution in [1.29, 1.82) is 0 Å². The van der Waals surface area contributed by atoms with Gasteiger partial charge in [0.05, 0.1) is 5.69 Å². The number of carbonyl (C=O) groups excluding carboxylic acids is 1. The lowest BCUT2D eigenvalue weighted by atomic mass is 9.81. The van der Waals surface area contributed by atoms with Crippen LogP contribution < -0.4 is 5.73 Å². The van der Waals surface area contributed by atoms with Gasteiger partial charge in [0.15, 0.2) is 0 Å². The largest absolute Gasteiger partial charge is 0.327 e. The molecule has 1 fully saturated rings. The zero-order valence-electron chi connectivity index (χ0n) is 10.6. The van der Waals surface area contributed by atoms with E-state index in [2.05, 4.69) is 5.10 Å². The first-order valence-electron chi connectivity index (χ1n) is 6.35. The molecule has 0 saturated heterocycles. The summed E-state index contributed by atoms with van der Waals surface area (Å²) < 4.78 is 1.79. The van der Waals surface area contributed by atoms with Crippen molar-refractivity contribution in [1.82, 2.24) is 9.78 Å². The number of carbonyl (C=O) groups is 1. The van der Waals surface area contributed by atoms with Gasteiger partial charge in [-0.05, 0) is 25.8 Å². The summed E-state index contributed by atoms with van der Waals surface area (Å²) in [7, 11) is 1.89. The van der Waals surface area contributed by atoms with E-state index in [1.165, 1.54) is 0 Å². The second-order valence-electron chi connectivity index (χ2n) is 5.10. The minimum atomic E-state index is 0.0546. The molecule has 1 aromatic heterocycles. The molecule has 0 aromatic carbocycles. The molecular weight excluding hydrogens is 214 g/mol. The van der Waals surface area contributed by atoms with Crippen molar-refractivity contribution in [2.24, 2.45) is 18.7 Å². The van der Waals surface area contributed by atoms with Crippen LogP contribution in [0.25, 0.3) is 0 Å². The number of aromatic nitrogens is 2. The Morgan fingerprint density at radius 2 is 2.24 bits per heavy atom. The Morgan fingerprint density at radius 3 is 2.82 bits per heavy atom. The Labute approximate surface area is 102 Å². The number of ketones is 1. The van der Waals surface area contributed by atoms with E-state index in [4.69, 9.17) is 5.73 Å². The summed E-state index contributed by atoms with van der Waals surface area (Å²) in [5.74, 6) is 0.333. The van der Waals surface area contributed by atoms with Crippen molar-refractivity contribution in [3.63, 3.8) is 0 Å². The predicted octanol–water partition coefficient (Wildman–Crippen LogP) is 1.36. The minimum absolute atomic E-state index is 0.0546. The SMILES string of the molecule is Cc1cc(CC(=O)C2CCCCC2N)n(C)n1. The van der Waals surface area contributed by atoms with E-state index >= 15 is 0 Å². The topological polar surface area (TPSA) is 60.9 Å². The van der Waals surface area contributed by atoms with Crippen LogP contribution in [-0.2, 0) is 18.3 Å². The molecule has 4 nitrogen and oxygen atoms in total. The van der Waals surface area contributed by atoms with Gasteiger partial charge in [0, 0.05) is 31.1 Å². The van der Waals surface area contributed by atoms with Crippen molar-refractivity contribution in [2.75, 3.05) is 0 Å². The van der Waals surface area contributed by atoms with Crippen LogP contribution in [0.3, 0.4) is 0 Å². The van der Waals surface area contributed by atoms with E-state index in [-0.39, 0.29) is 17.7 Å². The second kappa shape index (κ2) is 5.00. The van der Waals surface area contributed by atoms with Crippen LogP contribution in [0.5, 0.6) is 0 Å². The summed E-state index contributed by atoms with van der Waals surface area (Å²) in [6.45, 7) is 1.94. The molecule has 0 bridgehead atoms. The maximum atomic E-state index is 12.2. The van der Waals surface area contributed by atoms with Gasteiger partial charge in [-0.3, -0.25) is 9.48 Å². The first-order chi connectivity index (χ1) is 8.08. The fraction of sp³-hybridized carbons (Fsp3) is 0.692. The van der Waals surface area contributed by atoms with Gasteiger partial charge < -0.3 is 5.73 Å². The highest BCUT2D eigenvalue weighted by Gasteiger charge is 2.28. The lowest BCUT2D eigenvalue weighted by Crippen LogP contribution is -2.38. The fourth-order valence-electron chi connectivity index (χ4n) is 2.70. The number of nitrogens with two attached hydrogens (primary N) is 1. The average molecular weight is 235 g/mol. The van der Waals surface area contributed by atoms with Gasteiger partial charge in [-0.25, -0.2) is 0 Å². The van der Waals surface area contributed by atoms with E-state index in [0.29, 0.717) is 6.42 Å². The average Bonchev–Trinajstić information content (AvgIpc) is 2.58. The molecule has 2 N–H and O–H groups in total. The van der Waals surface area contributed by atoms with Crippen molar-refractivity contribution in [2.45, 2.75) is 45.1 Å². The minimum Gasteiger partial charge on any atom is -0.327 e. The number of rotatable bonds is 3. The lowest BCUT2D eigenvalue weighted by Gasteiger charge is -2.27.